The Bertz CT molecular complexity index is 466. The summed E-state index contributed by atoms with van der Waals surface area (Å²) in [5.41, 5.74) is 0.698. The first-order valence-corrected chi connectivity index (χ1v) is 7.60. The molecule has 0 bridgehead atoms. The van der Waals surface area contributed by atoms with Gasteiger partial charge in [0.05, 0.1) is 19.1 Å². The zero-order valence-corrected chi connectivity index (χ0v) is 13.7. The number of amides is 1. The number of rotatable bonds is 8. The molecule has 4 nitrogen and oxygen atoms in total. The molecule has 1 rings (SSSR count). The largest absolute Gasteiger partial charge is 0.389 e. The van der Waals surface area contributed by atoms with Crippen molar-refractivity contribution in [3.05, 3.63) is 33.8 Å². The number of ether oxygens (including phenoxy) is 1. The summed E-state index contributed by atoms with van der Waals surface area (Å²) in [6, 6.07) is 5.00. The third kappa shape index (κ3) is 7.67. The lowest BCUT2D eigenvalue weighted by Crippen LogP contribution is -2.35. The molecule has 0 heterocycles. The Morgan fingerprint density at radius 1 is 1.33 bits per heavy atom. The van der Waals surface area contributed by atoms with E-state index < -0.39 is 6.10 Å². The maximum absolute atomic E-state index is 11.8. The summed E-state index contributed by atoms with van der Waals surface area (Å²) < 4.78 is 5.30. The number of aliphatic hydroxyl groups excluding tert-OH is 1. The molecular formula is C15H21Cl2NO3. The van der Waals surface area contributed by atoms with Gasteiger partial charge in [0.2, 0.25) is 5.91 Å². The summed E-state index contributed by atoms with van der Waals surface area (Å²) in [6.45, 7) is 5.02. The minimum atomic E-state index is -0.714. The number of aliphatic hydroxyl groups is 1. The van der Waals surface area contributed by atoms with Gasteiger partial charge >= 0.3 is 0 Å². The lowest BCUT2D eigenvalue weighted by Gasteiger charge is -2.13. The number of carbonyl (C=O) groups excluding carboxylic acids is 1. The molecule has 0 saturated carbocycles. The van der Waals surface area contributed by atoms with E-state index in [2.05, 4.69) is 5.32 Å². The van der Waals surface area contributed by atoms with Gasteiger partial charge in [-0.1, -0.05) is 43.1 Å². The van der Waals surface area contributed by atoms with Gasteiger partial charge in [-0.3, -0.25) is 4.79 Å². The fourth-order valence-corrected chi connectivity index (χ4v) is 2.11. The van der Waals surface area contributed by atoms with Crippen molar-refractivity contribution in [1.29, 1.82) is 0 Å². The molecule has 1 unspecified atom stereocenters. The van der Waals surface area contributed by atoms with Crippen LogP contribution in [0.3, 0.4) is 0 Å². The van der Waals surface area contributed by atoms with Crippen molar-refractivity contribution in [3.8, 4) is 0 Å². The third-order valence-corrected chi connectivity index (χ3v) is 3.25. The van der Waals surface area contributed by atoms with Crippen molar-refractivity contribution < 1.29 is 14.6 Å². The van der Waals surface area contributed by atoms with Crippen molar-refractivity contribution in [2.24, 2.45) is 5.92 Å². The van der Waals surface area contributed by atoms with Gasteiger partial charge in [0.25, 0.3) is 0 Å². The summed E-state index contributed by atoms with van der Waals surface area (Å²) >= 11 is 11.8. The monoisotopic (exact) mass is 333 g/mol. The fourth-order valence-electron chi connectivity index (χ4n) is 1.63. The van der Waals surface area contributed by atoms with E-state index in [4.69, 9.17) is 27.9 Å². The molecular weight excluding hydrogens is 313 g/mol. The van der Waals surface area contributed by atoms with Gasteiger partial charge in [0, 0.05) is 23.2 Å². The van der Waals surface area contributed by atoms with Gasteiger partial charge in [-0.25, -0.2) is 0 Å². The van der Waals surface area contributed by atoms with Crippen LogP contribution in [0.5, 0.6) is 0 Å². The average molecular weight is 334 g/mol. The Morgan fingerprint density at radius 2 is 2.05 bits per heavy atom. The van der Waals surface area contributed by atoms with E-state index in [0.29, 0.717) is 28.1 Å². The lowest BCUT2D eigenvalue weighted by atomic mass is 10.1. The van der Waals surface area contributed by atoms with E-state index >= 15 is 0 Å². The summed E-state index contributed by atoms with van der Waals surface area (Å²) in [5, 5.41) is 13.3. The molecule has 0 fully saturated rings. The summed E-state index contributed by atoms with van der Waals surface area (Å²) in [6.07, 6.45) is -0.566. The van der Waals surface area contributed by atoms with Crippen LogP contribution in [-0.4, -0.2) is 36.9 Å². The molecule has 0 spiro atoms. The van der Waals surface area contributed by atoms with E-state index in [-0.39, 0.29) is 25.5 Å². The van der Waals surface area contributed by atoms with Gasteiger partial charge in [-0.15, -0.1) is 0 Å². The second-order valence-electron chi connectivity index (χ2n) is 5.30. The fraction of sp³-hybridized carbons (Fsp3) is 0.533. The van der Waals surface area contributed by atoms with Crippen LogP contribution in [0.1, 0.15) is 19.4 Å². The molecule has 0 aliphatic rings. The van der Waals surface area contributed by atoms with Crippen LogP contribution in [0.4, 0.5) is 0 Å². The number of carbonyl (C=O) groups is 1. The van der Waals surface area contributed by atoms with Crippen LogP contribution < -0.4 is 5.32 Å². The highest BCUT2D eigenvalue weighted by Crippen LogP contribution is 2.21. The molecule has 0 aliphatic heterocycles. The van der Waals surface area contributed by atoms with Gasteiger partial charge < -0.3 is 15.2 Å². The van der Waals surface area contributed by atoms with Crippen LogP contribution in [0, 0.1) is 5.92 Å². The highest BCUT2D eigenvalue weighted by atomic mass is 35.5. The lowest BCUT2D eigenvalue weighted by molar-refractivity contribution is -0.121. The maximum atomic E-state index is 11.8. The molecule has 1 amide bonds. The molecule has 1 aromatic rings. The predicted octanol–water partition coefficient (Wildman–Crippen LogP) is 2.69. The quantitative estimate of drug-likeness (QED) is 0.768. The van der Waals surface area contributed by atoms with Gasteiger partial charge in [0.1, 0.15) is 0 Å². The molecule has 21 heavy (non-hydrogen) atoms. The Morgan fingerprint density at radius 3 is 2.67 bits per heavy atom. The van der Waals surface area contributed by atoms with Crippen LogP contribution in [0.25, 0.3) is 0 Å². The summed E-state index contributed by atoms with van der Waals surface area (Å²) in [5.74, 6) is 0.209. The second-order valence-corrected chi connectivity index (χ2v) is 6.15. The standard InChI is InChI=1S/C15H21Cl2NO3/c1-10(2)8-21-9-13(19)7-18-15(20)5-11-3-4-12(16)6-14(11)17/h3-4,6,10,13,19H,5,7-9H2,1-2H3,(H,18,20). The third-order valence-electron chi connectivity index (χ3n) is 2.66. The zero-order valence-electron chi connectivity index (χ0n) is 12.2. The average Bonchev–Trinajstić information content (AvgIpc) is 2.39. The van der Waals surface area contributed by atoms with Gasteiger partial charge in [-0.05, 0) is 23.6 Å². The van der Waals surface area contributed by atoms with Crippen LogP contribution >= 0.6 is 23.2 Å². The number of halogens is 2. The van der Waals surface area contributed by atoms with Crippen molar-refractivity contribution in [2.45, 2.75) is 26.4 Å². The predicted molar refractivity (Wildman–Crippen MR) is 84.8 cm³/mol. The topological polar surface area (TPSA) is 58.6 Å². The van der Waals surface area contributed by atoms with E-state index in [9.17, 15) is 9.90 Å². The summed E-state index contributed by atoms with van der Waals surface area (Å²) in [7, 11) is 0. The molecule has 1 atom stereocenters. The van der Waals surface area contributed by atoms with Crippen LogP contribution in [0.15, 0.2) is 18.2 Å². The molecule has 0 radical (unpaired) electrons. The van der Waals surface area contributed by atoms with E-state index in [1.165, 1.54) is 0 Å². The normalized spacial score (nSPS) is 12.5. The molecule has 0 saturated heterocycles. The number of nitrogens with one attached hydrogen (secondary N) is 1. The van der Waals surface area contributed by atoms with Crippen molar-refractivity contribution in [2.75, 3.05) is 19.8 Å². The molecule has 0 aliphatic carbocycles. The SMILES string of the molecule is CC(C)COCC(O)CNC(=O)Cc1ccc(Cl)cc1Cl. The zero-order chi connectivity index (χ0) is 15.8. The minimum Gasteiger partial charge on any atom is -0.389 e. The van der Waals surface area contributed by atoms with Gasteiger partial charge in [-0.2, -0.15) is 0 Å². The highest BCUT2D eigenvalue weighted by Gasteiger charge is 2.10. The molecule has 118 valence electrons. The van der Waals surface area contributed by atoms with Crippen molar-refractivity contribution >= 4 is 29.1 Å². The smallest absolute Gasteiger partial charge is 0.224 e. The van der Waals surface area contributed by atoms with Crippen molar-refractivity contribution in [1.82, 2.24) is 5.32 Å². The number of hydrogen-bond donors (Lipinski definition) is 2. The Hall–Kier alpha value is -0.810. The minimum absolute atomic E-state index is 0.148. The molecule has 2 N–H and O–H groups in total. The molecule has 0 aromatic heterocycles. The van der Waals surface area contributed by atoms with E-state index in [1.54, 1.807) is 18.2 Å². The Balaban J connectivity index is 2.30. The highest BCUT2D eigenvalue weighted by molar-refractivity contribution is 6.35. The first-order chi connectivity index (χ1) is 9.88. The first-order valence-electron chi connectivity index (χ1n) is 6.85. The Kier molecular flexibility index (Phi) is 8.04. The number of hydrogen-bond acceptors (Lipinski definition) is 3. The van der Waals surface area contributed by atoms with Gasteiger partial charge in [0.15, 0.2) is 0 Å². The molecule has 6 heteroatoms. The van der Waals surface area contributed by atoms with Crippen LogP contribution in [-0.2, 0) is 16.0 Å². The first kappa shape index (κ1) is 18.2. The Labute approximate surface area is 135 Å². The maximum Gasteiger partial charge on any atom is 0.224 e. The van der Waals surface area contributed by atoms with Crippen molar-refractivity contribution in [3.63, 3.8) is 0 Å². The summed E-state index contributed by atoms with van der Waals surface area (Å²) in [4.78, 5) is 11.8. The number of benzene rings is 1. The van der Waals surface area contributed by atoms with Crippen LogP contribution in [0.2, 0.25) is 10.0 Å². The van der Waals surface area contributed by atoms with E-state index in [1.807, 2.05) is 13.8 Å². The second kappa shape index (κ2) is 9.26. The molecule has 1 aromatic carbocycles. The van der Waals surface area contributed by atoms with E-state index in [0.717, 1.165) is 0 Å².